The number of nitrogens with one attached hydrogen (secondary N) is 1. The van der Waals surface area contributed by atoms with Gasteiger partial charge in [0.1, 0.15) is 5.75 Å². The van der Waals surface area contributed by atoms with Gasteiger partial charge >= 0.3 is 0 Å². The smallest absolute Gasteiger partial charge is 0.260 e. The van der Waals surface area contributed by atoms with Crippen LogP contribution in [-0.2, 0) is 11.2 Å². The molecule has 4 heteroatoms. The maximum atomic E-state index is 11.9. The van der Waals surface area contributed by atoms with Crippen LogP contribution in [0, 0.1) is 0 Å². The maximum absolute atomic E-state index is 11.9. The lowest BCUT2D eigenvalue weighted by atomic mass is 10.1. The molecule has 19 heavy (non-hydrogen) atoms. The van der Waals surface area contributed by atoms with Gasteiger partial charge < -0.3 is 15.8 Å². The van der Waals surface area contributed by atoms with Gasteiger partial charge in [-0.05, 0) is 44.9 Å². The van der Waals surface area contributed by atoms with Crippen LogP contribution in [0.3, 0.4) is 0 Å². The Hall–Kier alpha value is -1.55. The van der Waals surface area contributed by atoms with Gasteiger partial charge in [-0.2, -0.15) is 0 Å². The molecule has 3 N–H and O–H groups in total. The molecule has 2 unspecified atom stereocenters. The number of ether oxygens (including phenoxy) is 1. The van der Waals surface area contributed by atoms with Crippen molar-refractivity contribution >= 4 is 5.91 Å². The third kappa shape index (κ3) is 4.91. The summed E-state index contributed by atoms with van der Waals surface area (Å²) in [6, 6.07) is 7.86. The topological polar surface area (TPSA) is 64.3 Å². The second-order valence-electron chi connectivity index (χ2n) is 4.72. The molecule has 106 valence electrons. The van der Waals surface area contributed by atoms with E-state index in [0.717, 1.165) is 24.2 Å². The predicted octanol–water partition coefficient (Wildman–Crippen LogP) is 1.87. The fraction of sp³-hybridized carbons (Fsp3) is 0.533. The molecule has 0 saturated heterocycles. The van der Waals surface area contributed by atoms with E-state index in [0.29, 0.717) is 6.54 Å². The third-order valence-electron chi connectivity index (χ3n) is 3.06. The lowest BCUT2D eigenvalue weighted by Crippen LogP contribution is -2.41. The molecule has 0 aliphatic heterocycles. The summed E-state index contributed by atoms with van der Waals surface area (Å²) in [5, 5.41) is 2.91. The second-order valence-corrected chi connectivity index (χ2v) is 4.72. The number of rotatable bonds is 7. The Morgan fingerprint density at radius 1 is 1.37 bits per heavy atom. The minimum Gasteiger partial charge on any atom is -0.481 e. The minimum absolute atomic E-state index is 0.0862. The molecule has 1 aromatic rings. The number of hydrogen-bond donors (Lipinski definition) is 2. The summed E-state index contributed by atoms with van der Waals surface area (Å²) in [6.45, 7) is 6.34. The third-order valence-corrected chi connectivity index (χ3v) is 3.06. The normalized spacial score (nSPS) is 13.7. The van der Waals surface area contributed by atoms with Crippen molar-refractivity contribution in [2.45, 2.75) is 45.8 Å². The van der Waals surface area contributed by atoms with E-state index in [1.165, 1.54) is 0 Å². The SMILES string of the molecule is CCC(C)NC(=O)C(C)Oc1ccccc1CCN. The van der Waals surface area contributed by atoms with Crippen molar-refractivity contribution in [2.24, 2.45) is 5.73 Å². The minimum atomic E-state index is -0.507. The van der Waals surface area contributed by atoms with E-state index >= 15 is 0 Å². The fourth-order valence-electron chi connectivity index (χ4n) is 1.69. The van der Waals surface area contributed by atoms with Crippen molar-refractivity contribution in [1.29, 1.82) is 0 Å². The predicted molar refractivity (Wildman–Crippen MR) is 77.2 cm³/mol. The molecule has 0 fully saturated rings. The van der Waals surface area contributed by atoms with Crippen LogP contribution in [0.4, 0.5) is 0 Å². The standard InChI is InChI=1S/C15H24N2O2/c1-4-11(2)17-15(18)12(3)19-14-8-6-5-7-13(14)9-10-16/h5-8,11-12H,4,9-10,16H2,1-3H3,(H,17,18). The first kappa shape index (κ1) is 15.5. The summed E-state index contributed by atoms with van der Waals surface area (Å²) in [5.74, 6) is 0.650. The number of para-hydroxylation sites is 1. The summed E-state index contributed by atoms with van der Waals surface area (Å²) in [6.07, 6.45) is 1.14. The molecule has 1 amide bonds. The number of nitrogens with two attached hydrogens (primary N) is 1. The van der Waals surface area contributed by atoms with Crippen LogP contribution < -0.4 is 15.8 Å². The Morgan fingerprint density at radius 3 is 2.68 bits per heavy atom. The van der Waals surface area contributed by atoms with Crippen molar-refractivity contribution < 1.29 is 9.53 Å². The summed E-state index contributed by atoms with van der Waals surface area (Å²) in [7, 11) is 0. The fourth-order valence-corrected chi connectivity index (χ4v) is 1.69. The van der Waals surface area contributed by atoms with E-state index in [-0.39, 0.29) is 11.9 Å². The lowest BCUT2D eigenvalue weighted by molar-refractivity contribution is -0.127. The van der Waals surface area contributed by atoms with Gasteiger partial charge in [0, 0.05) is 6.04 Å². The molecule has 1 aromatic carbocycles. The van der Waals surface area contributed by atoms with Gasteiger partial charge in [-0.15, -0.1) is 0 Å². The van der Waals surface area contributed by atoms with Gasteiger partial charge in [0.15, 0.2) is 6.10 Å². The van der Waals surface area contributed by atoms with Crippen LogP contribution in [0.2, 0.25) is 0 Å². The van der Waals surface area contributed by atoms with Crippen LogP contribution in [0.1, 0.15) is 32.8 Å². The molecule has 0 saturated carbocycles. The summed E-state index contributed by atoms with van der Waals surface area (Å²) in [4.78, 5) is 11.9. The van der Waals surface area contributed by atoms with Crippen molar-refractivity contribution in [3.8, 4) is 5.75 Å². The number of benzene rings is 1. The van der Waals surface area contributed by atoms with E-state index < -0.39 is 6.10 Å². The van der Waals surface area contributed by atoms with Gasteiger partial charge in [-0.1, -0.05) is 25.1 Å². The van der Waals surface area contributed by atoms with E-state index in [4.69, 9.17) is 10.5 Å². The number of carbonyl (C=O) groups is 1. The van der Waals surface area contributed by atoms with Gasteiger partial charge in [0.2, 0.25) is 0 Å². The monoisotopic (exact) mass is 264 g/mol. The number of amides is 1. The zero-order valence-electron chi connectivity index (χ0n) is 12.0. The zero-order chi connectivity index (χ0) is 14.3. The first-order valence-electron chi connectivity index (χ1n) is 6.83. The first-order chi connectivity index (χ1) is 9.08. The van der Waals surface area contributed by atoms with Crippen LogP contribution in [0.15, 0.2) is 24.3 Å². The van der Waals surface area contributed by atoms with Crippen molar-refractivity contribution in [3.05, 3.63) is 29.8 Å². The molecule has 0 heterocycles. The average Bonchev–Trinajstić information content (AvgIpc) is 2.41. The summed E-state index contributed by atoms with van der Waals surface area (Å²) >= 11 is 0. The molecule has 4 nitrogen and oxygen atoms in total. The zero-order valence-corrected chi connectivity index (χ0v) is 12.0. The largest absolute Gasteiger partial charge is 0.481 e. The van der Waals surface area contributed by atoms with E-state index in [9.17, 15) is 4.79 Å². The number of carbonyl (C=O) groups excluding carboxylic acids is 1. The van der Waals surface area contributed by atoms with Gasteiger partial charge in [-0.3, -0.25) is 4.79 Å². The van der Waals surface area contributed by atoms with Gasteiger partial charge in [0.25, 0.3) is 5.91 Å². The van der Waals surface area contributed by atoms with Gasteiger partial charge in [0.05, 0.1) is 0 Å². The van der Waals surface area contributed by atoms with Crippen molar-refractivity contribution in [1.82, 2.24) is 5.32 Å². The van der Waals surface area contributed by atoms with Crippen LogP contribution in [0.5, 0.6) is 5.75 Å². The highest BCUT2D eigenvalue weighted by Crippen LogP contribution is 2.19. The Morgan fingerprint density at radius 2 is 2.05 bits per heavy atom. The van der Waals surface area contributed by atoms with E-state index in [2.05, 4.69) is 5.32 Å². The molecule has 0 spiro atoms. The van der Waals surface area contributed by atoms with Crippen molar-refractivity contribution in [3.63, 3.8) is 0 Å². The Bertz CT molecular complexity index is 407. The summed E-state index contributed by atoms with van der Waals surface area (Å²) < 4.78 is 5.74. The molecule has 0 aliphatic carbocycles. The van der Waals surface area contributed by atoms with Crippen molar-refractivity contribution in [2.75, 3.05) is 6.54 Å². The second kappa shape index (κ2) is 7.79. The van der Waals surface area contributed by atoms with E-state index in [1.807, 2.05) is 38.1 Å². The van der Waals surface area contributed by atoms with Crippen LogP contribution in [0.25, 0.3) is 0 Å². The molecular formula is C15H24N2O2. The Kier molecular flexibility index (Phi) is 6.36. The molecule has 0 bridgehead atoms. The van der Waals surface area contributed by atoms with E-state index in [1.54, 1.807) is 6.92 Å². The summed E-state index contributed by atoms with van der Waals surface area (Å²) in [5.41, 5.74) is 6.60. The molecule has 0 aliphatic rings. The molecule has 2 atom stereocenters. The molecule has 0 aromatic heterocycles. The lowest BCUT2D eigenvalue weighted by Gasteiger charge is -2.19. The quantitative estimate of drug-likeness (QED) is 0.790. The molecular weight excluding hydrogens is 240 g/mol. The average molecular weight is 264 g/mol. The number of hydrogen-bond acceptors (Lipinski definition) is 3. The molecule has 1 rings (SSSR count). The Balaban J connectivity index is 2.65. The highest BCUT2D eigenvalue weighted by Gasteiger charge is 2.17. The van der Waals surface area contributed by atoms with Crippen LogP contribution in [-0.4, -0.2) is 24.6 Å². The van der Waals surface area contributed by atoms with Gasteiger partial charge in [-0.25, -0.2) is 0 Å². The highest BCUT2D eigenvalue weighted by molar-refractivity contribution is 5.81. The maximum Gasteiger partial charge on any atom is 0.260 e. The first-order valence-corrected chi connectivity index (χ1v) is 6.83. The van der Waals surface area contributed by atoms with Crippen LogP contribution >= 0.6 is 0 Å². The molecule has 0 radical (unpaired) electrons. The highest BCUT2D eigenvalue weighted by atomic mass is 16.5. The Labute approximate surface area is 115 Å².